The summed E-state index contributed by atoms with van der Waals surface area (Å²) in [7, 11) is -4.02. The smallest absolute Gasteiger partial charge is 0.264 e. The Bertz CT molecular complexity index is 1290. The fraction of sp³-hybridized carbons (Fsp3) is 0.125. The van der Waals surface area contributed by atoms with Gasteiger partial charge < -0.3 is 9.90 Å². The van der Waals surface area contributed by atoms with Crippen LogP contribution in [0, 0.1) is 13.8 Å². The van der Waals surface area contributed by atoms with Crippen LogP contribution in [0.5, 0.6) is 0 Å². The Morgan fingerprint density at radius 2 is 1.64 bits per heavy atom. The molecule has 0 spiro atoms. The van der Waals surface area contributed by atoms with Crippen molar-refractivity contribution in [3.05, 3.63) is 95.1 Å². The molecule has 0 unspecified atom stereocenters. The van der Waals surface area contributed by atoms with E-state index in [2.05, 4.69) is 10.5 Å². The summed E-state index contributed by atoms with van der Waals surface area (Å²) in [5.74, 6) is -1.93. The summed E-state index contributed by atoms with van der Waals surface area (Å²) in [6, 6.07) is 18.8. The third-order valence-electron chi connectivity index (χ3n) is 5.01. The Morgan fingerprint density at radius 1 is 0.970 bits per heavy atom. The van der Waals surface area contributed by atoms with E-state index in [1.807, 2.05) is 13.0 Å². The molecule has 0 aliphatic heterocycles. The fourth-order valence-corrected chi connectivity index (χ4v) is 4.57. The zero-order chi connectivity index (χ0) is 24.0. The molecule has 1 N–H and O–H groups in total. The Morgan fingerprint density at radius 3 is 2.27 bits per heavy atom. The Hall–Kier alpha value is -3.98. The summed E-state index contributed by atoms with van der Waals surface area (Å²) in [5, 5.41) is 14.7. The highest BCUT2D eigenvalue weighted by Gasteiger charge is 2.28. The van der Waals surface area contributed by atoms with Gasteiger partial charge in [0, 0.05) is 0 Å². The van der Waals surface area contributed by atoms with Crippen LogP contribution >= 0.6 is 0 Å². The first-order valence-corrected chi connectivity index (χ1v) is 11.4. The molecule has 0 heterocycles. The highest BCUT2D eigenvalue weighted by Crippen LogP contribution is 2.28. The minimum atomic E-state index is -4.02. The molecule has 0 saturated carbocycles. The third kappa shape index (κ3) is 5.64. The van der Waals surface area contributed by atoms with Gasteiger partial charge in [-0.1, -0.05) is 54.6 Å². The van der Waals surface area contributed by atoms with Crippen LogP contribution in [0.25, 0.3) is 0 Å². The topological polar surface area (TPSA) is 119 Å². The van der Waals surface area contributed by atoms with Crippen LogP contribution in [0.4, 0.5) is 5.69 Å². The molecular formula is C24H22N3O5S-. The molecule has 170 valence electrons. The van der Waals surface area contributed by atoms with Crippen molar-refractivity contribution in [2.75, 3.05) is 10.8 Å². The third-order valence-corrected chi connectivity index (χ3v) is 6.79. The van der Waals surface area contributed by atoms with Crippen LogP contribution in [-0.4, -0.2) is 33.1 Å². The number of carboxylic acids is 1. The molecule has 0 aliphatic rings. The minimum absolute atomic E-state index is 0.0199. The number of nitrogens with one attached hydrogen (secondary N) is 1. The molecule has 0 fully saturated rings. The molecular weight excluding hydrogens is 442 g/mol. The number of carboxylic acid groups (broad SMARTS) is 1. The number of benzene rings is 3. The number of hydrazone groups is 1. The molecule has 0 aromatic heterocycles. The Labute approximate surface area is 192 Å². The molecule has 3 aromatic rings. The van der Waals surface area contributed by atoms with Crippen LogP contribution in [0.1, 0.15) is 27.0 Å². The van der Waals surface area contributed by atoms with Crippen LogP contribution in [0.3, 0.4) is 0 Å². The molecule has 1 amide bonds. The molecule has 0 bridgehead atoms. The second kappa shape index (κ2) is 10.1. The summed E-state index contributed by atoms with van der Waals surface area (Å²) < 4.78 is 27.8. The maximum Gasteiger partial charge on any atom is 0.264 e. The lowest BCUT2D eigenvalue weighted by Crippen LogP contribution is -2.40. The molecule has 0 aliphatic carbocycles. The van der Waals surface area contributed by atoms with Crippen molar-refractivity contribution < 1.29 is 23.1 Å². The number of sulfonamides is 1. The molecule has 0 radical (unpaired) electrons. The maximum absolute atomic E-state index is 13.4. The van der Waals surface area contributed by atoms with Crippen molar-refractivity contribution in [1.82, 2.24) is 5.43 Å². The Balaban J connectivity index is 1.83. The van der Waals surface area contributed by atoms with Gasteiger partial charge in [-0.05, 0) is 54.3 Å². The maximum atomic E-state index is 13.4. The van der Waals surface area contributed by atoms with Crippen LogP contribution in [0.15, 0.2) is 82.8 Å². The largest absolute Gasteiger partial charge is 0.545 e. The average Bonchev–Trinajstić information content (AvgIpc) is 2.80. The van der Waals surface area contributed by atoms with Crippen molar-refractivity contribution in [3.8, 4) is 0 Å². The minimum Gasteiger partial charge on any atom is -0.545 e. The van der Waals surface area contributed by atoms with Crippen LogP contribution < -0.4 is 14.8 Å². The number of hydrogen-bond acceptors (Lipinski definition) is 6. The predicted molar refractivity (Wildman–Crippen MR) is 123 cm³/mol. The molecule has 3 aromatic carbocycles. The van der Waals surface area contributed by atoms with Crippen molar-refractivity contribution >= 4 is 33.8 Å². The van der Waals surface area contributed by atoms with E-state index in [1.54, 1.807) is 37.3 Å². The number of carbonyl (C=O) groups excluding carboxylic acids is 2. The van der Waals surface area contributed by atoms with Crippen molar-refractivity contribution in [2.45, 2.75) is 18.7 Å². The number of rotatable bonds is 8. The fourth-order valence-electron chi connectivity index (χ4n) is 3.07. The Kier molecular flexibility index (Phi) is 7.24. The average molecular weight is 465 g/mol. The van der Waals surface area contributed by atoms with Crippen molar-refractivity contribution in [3.63, 3.8) is 0 Å². The van der Waals surface area contributed by atoms with Gasteiger partial charge in [-0.3, -0.25) is 9.10 Å². The molecule has 33 heavy (non-hydrogen) atoms. The highest BCUT2D eigenvalue weighted by molar-refractivity contribution is 7.92. The van der Waals surface area contributed by atoms with E-state index in [-0.39, 0.29) is 10.5 Å². The first-order chi connectivity index (χ1) is 15.7. The summed E-state index contributed by atoms with van der Waals surface area (Å²) in [4.78, 5) is 23.5. The number of nitrogens with zero attached hydrogens (tertiary/aromatic N) is 2. The van der Waals surface area contributed by atoms with Gasteiger partial charge in [0.2, 0.25) is 0 Å². The van der Waals surface area contributed by atoms with Gasteiger partial charge in [-0.15, -0.1) is 0 Å². The van der Waals surface area contributed by atoms with Gasteiger partial charge in [-0.25, -0.2) is 13.8 Å². The van der Waals surface area contributed by atoms with E-state index < -0.39 is 28.4 Å². The number of anilines is 1. The number of carbonyl (C=O) groups is 2. The molecule has 0 saturated heterocycles. The number of hydrogen-bond donors (Lipinski definition) is 1. The van der Waals surface area contributed by atoms with E-state index in [0.717, 1.165) is 15.4 Å². The normalized spacial score (nSPS) is 11.3. The first-order valence-electron chi connectivity index (χ1n) is 9.97. The van der Waals surface area contributed by atoms with E-state index in [9.17, 15) is 23.1 Å². The van der Waals surface area contributed by atoms with Crippen molar-refractivity contribution in [1.29, 1.82) is 0 Å². The van der Waals surface area contributed by atoms with E-state index in [4.69, 9.17) is 0 Å². The van der Waals surface area contributed by atoms with Gasteiger partial charge in [-0.2, -0.15) is 5.10 Å². The van der Waals surface area contributed by atoms with E-state index >= 15 is 0 Å². The summed E-state index contributed by atoms with van der Waals surface area (Å²) >= 11 is 0. The van der Waals surface area contributed by atoms with Crippen LogP contribution in [-0.2, 0) is 14.8 Å². The van der Waals surface area contributed by atoms with Gasteiger partial charge in [0.1, 0.15) is 6.54 Å². The molecule has 9 heteroatoms. The number of aryl methyl sites for hydroxylation is 1. The standard InChI is InChI=1S/C24H23N3O5S/c1-17-7-6-10-22(18(17)2)27(33(31,32)21-8-4-3-5-9-21)16-23(28)26-25-15-19-11-13-20(14-12-19)24(29)30/h3-15H,16H2,1-2H3,(H,26,28)(H,29,30)/p-1/b25-15-. The summed E-state index contributed by atoms with van der Waals surface area (Å²) in [6.07, 6.45) is 1.32. The number of aromatic carboxylic acids is 1. The monoisotopic (exact) mass is 464 g/mol. The summed E-state index contributed by atoms with van der Waals surface area (Å²) in [5.41, 5.74) is 4.91. The predicted octanol–water partition coefficient (Wildman–Crippen LogP) is 2.01. The number of amides is 1. The lowest BCUT2D eigenvalue weighted by Gasteiger charge is -2.26. The van der Waals surface area contributed by atoms with Gasteiger partial charge >= 0.3 is 0 Å². The first kappa shape index (κ1) is 23.7. The van der Waals surface area contributed by atoms with Gasteiger partial charge in [0.25, 0.3) is 15.9 Å². The zero-order valence-electron chi connectivity index (χ0n) is 18.1. The second-order valence-electron chi connectivity index (χ2n) is 7.25. The quantitative estimate of drug-likeness (QED) is 0.404. The van der Waals surface area contributed by atoms with E-state index in [0.29, 0.717) is 11.3 Å². The molecule has 3 rings (SSSR count). The highest BCUT2D eigenvalue weighted by atomic mass is 32.2. The molecule has 0 atom stereocenters. The zero-order valence-corrected chi connectivity index (χ0v) is 18.9. The SMILES string of the molecule is Cc1cccc(N(CC(=O)N/N=C\c2ccc(C(=O)[O-])cc2)S(=O)(=O)c2ccccc2)c1C. The summed E-state index contributed by atoms with van der Waals surface area (Å²) in [6.45, 7) is 3.18. The second-order valence-corrected chi connectivity index (χ2v) is 9.11. The van der Waals surface area contributed by atoms with Gasteiger partial charge in [0.15, 0.2) is 0 Å². The van der Waals surface area contributed by atoms with Crippen molar-refractivity contribution in [2.24, 2.45) is 5.10 Å². The van der Waals surface area contributed by atoms with Gasteiger partial charge in [0.05, 0.1) is 22.8 Å². The van der Waals surface area contributed by atoms with E-state index in [1.165, 1.54) is 42.6 Å². The lowest BCUT2D eigenvalue weighted by atomic mass is 10.1. The van der Waals surface area contributed by atoms with Crippen LogP contribution in [0.2, 0.25) is 0 Å². The molecule has 8 nitrogen and oxygen atoms in total. The lowest BCUT2D eigenvalue weighted by molar-refractivity contribution is -0.255.